The van der Waals surface area contributed by atoms with E-state index < -0.39 is 5.92 Å². The number of hydrogen-bond acceptors (Lipinski definition) is 6. The first kappa shape index (κ1) is 13.9. The zero-order valence-corrected chi connectivity index (χ0v) is 13.1. The fraction of sp³-hybridized carbons (Fsp3) is 0.357. The van der Waals surface area contributed by atoms with Crippen molar-refractivity contribution in [3.63, 3.8) is 0 Å². The summed E-state index contributed by atoms with van der Waals surface area (Å²) >= 11 is 4.92. The minimum absolute atomic E-state index is 0.0174. The number of benzene rings is 1. The molecule has 3 rings (SSSR count). The summed E-state index contributed by atoms with van der Waals surface area (Å²) in [6, 6.07) is 9.91. The van der Waals surface area contributed by atoms with Crippen LogP contribution in [0.4, 0.5) is 0 Å². The van der Waals surface area contributed by atoms with Crippen molar-refractivity contribution in [1.29, 1.82) is 5.26 Å². The zero-order chi connectivity index (χ0) is 13.9. The molecule has 20 heavy (non-hydrogen) atoms. The fourth-order valence-electron chi connectivity index (χ4n) is 2.09. The Morgan fingerprint density at radius 3 is 2.95 bits per heavy atom. The molecule has 0 bridgehead atoms. The van der Waals surface area contributed by atoms with Gasteiger partial charge in [0, 0.05) is 17.3 Å². The lowest BCUT2D eigenvalue weighted by Crippen LogP contribution is -2.28. The maximum atomic E-state index is 12.5. The van der Waals surface area contributed by atoms with Crippen LogP contribution in [0.5, 0.6) is 0 Å². The van der Waals surface area contributed by atoms with Gasteiger partial charge in [-0.1, -0.05) is 12.1 Å². The molecule has 0 unspecified atom stereocenters. The molecule has 1 fully saturated rings. The molecule has 1 aliphatic heterocycles. The van der Waals surface area contributed by atoms with E-state index in [4.69, 9.17) is 0 Å². The van der Waals surface area contributed by atoms with Crippen molar-refractivity contribution in [3.8, 4) is 6.07 Å². The number of thiazole rings is 1. The summed E-state index contributed by atoms with van der Waals surface area (Å²) < 4.78 is 1.03. The summed E-state index contributed by atoms with van der Waals surface area (Å²) in [5, 5.41) is 9.96. The fourth-order valence-corrected chi connectivity index (χ4v) is 5.77. The highest BCUT2D eigenvalue weighted by Crippen LogP contribution is 2.33. The molecule has 6 heteroatoms. The number of hydrogen-bond donors (Lipinski definition) is 0. The van der Waals surface area contributed by atoms with Crippen LogP contribution < -0.4 is 0 Å². The van der Waals surface area contributed by atoms with Gasteiger partial charge in [0.1, 0.15) is 5.01 Å². The van der Waals surface area contributed by atoms with Crippen LogP contribution in [0.1, 0.15) is 10.9 Å². The van der Waals surface area contributed by atoms with Gasteiger partial charge >= 0.3 is 0 Å². The average molecular weight is 320 g/mol. The number of carbonyl (C=O) groups is 1. The number of para-hydroxylation sites is 1. The number of Topliss-reactive ketones (excluding diaryl/α,β-unsaturated/α-hetero) is 1. The van der Waals surface area contributed by atoms with E-state index in [-0.39, 0.29) is 11.0 Å². The van der Waals surface area contributed by atoms with Gasteiger partial charge < -0.3 is 0 Å². The number of ketones is 1. The van der Waals surface area contributed by atoms with Crippen LogP contribution in [0.2, 0.25) is 0 Å². The minimum Gasteiger partial charge on any atom is -0.296 e. The first-order valence-electron chi connectivity index (χ1n) is 6.28. The molecular weight excluding hydrogens is 308 g/mol. The number of fused-ring (bicyclic) bond motifs is 1. The van der Waals surface area contributed by atoms with Crippen molar-refractivity contribution in [2.24, 2.45) is 0 Å². The van der Waals surface area contributed by atoms with Crippen LogP contribution in [0, 0.1) is 11.3 Å². The Bertz CT molecular complexity index is 637. The summed E-state index contributed by atoms with van der Waals surface area (Å²) in [5.41, 5.74) is 0.867. The smallest absolute Gasteiger partial charge is 0.170 e. The molecule has 0 radical (unpaired) electrons. The van der Waals surface area contributed by atoms with Crippen LogP contribution in [0.15, 0.2) is 24.3 Å². The highest BCUT2D eigenvalue weighted by Gasteiger charge is 2.32. The Kier molecular flexibility index (Phi) is 4.29. The van der Waals surface area contributed by atoms with Crippen molar-refractivity contribution < 1.29 is 4.79 Å². The second-order valence-electron chi connectivity index (χ2n) is 4.42. The number of rotatable bonds is 3. The Labute approximate surface area is 129 Å². The molecule has 2 aromatic rings. The van der Waals surface area contributed by atoms with Crippen LogP contribution in [-0.2, 0) is 4.79 Å². The number of nitrogens with zero attached hydrogens (tertiary/aromatic N) is 2. The van der Waals surface area contributed by atoms with Gasteiger partial charge in [-0.3, -0.25) is 4.79 Å². The minimum atomic E-state index is -0.719. The average Bonchev–Trinajstić information content (AvgIpc) is 2.92. The molecule has 1 aromatic heterocycles. The quantitative estimate of drug-likeness (QED) is 0.868. The number of nitriles is 1. The number of carbonyl (C=O) groups excluding carboxylic acids is 1. The predicted octanol–water partition coefficient (Wildman–Crippen LogP) is 3.32. The van der Waals surface area contributed by atoms with E-state index in [0.29, 0.717) is 5.01 Å². The number of aromatic nitrogens is 1. The van der Waals surface area contributed by atoms with Crippen molar-refractivity contribution in [3.05, 3.63) is 29.3 Å². The summed E-state index contributed by atoms with van der Waals surface area (Å²) in [6.07, 6.45) is 0. The molecule has 0 aliphatic carbocycles. The lowest BCUT2D eigenvalue weighted by Gasteiger charge is -2.20. The second-order valence-corrected chi connectivity index (χ2v) is 7.94. The third-order valence-electron chi connectivity index (χ3n) is 3.10. The van der Waals surface area contributed by atoms with Crippen molar-refractivity contribution in [1.82, 2.24) is 4.98 Å². The van der Waals surface area contributed by atoms with Gasteiger partial charge in [-0.15, -0.1) is 23.1 Å². The first-order chi connectivity index (χ1) is 9.79. The highest BCUT2D eigenvalue weighted by molar-refractivity contribution is 8.07. The molecule has 0 saturated carbocycles. The summed E-state index contributed by atoms with van der Waals surface area (Å²) in [4.78, 5) is 17.0. The van der Waals surface area contributed by atoms with Crippen molar-refractivity contribution in [2.45, 2.75) is 11.2 Å². The van der Waals surface area contributed by atoms with E-state index in [9.17, 15) is 10.1 Å². The van der Waals surface area contributed by atoms with E-state index in [1.165, 1.54) is 11.3 Å². The Morgan fingerprint density at radius 1 is 1.40 bits per heavy atom. The normalized spacial score (nSPS) is 20.4. The Hall–Kier alpha value is -1.03. The predicted molar refractivity (Wildman–Crippen MR) is 86.6 cm³/mol. The molecule has 2 heterocycles. The van der Waals surface area contributed by atoms with Gasteiger partial charge in [0.25, 0.3) is 0 Å². The van der Waals surface area contributed by atoms with E-state index in [1.54, 1.807) is 23.5 Å². The molecular formula is C14H12N2OS3. The van der Waals surface area contributed by atoms with Crippen LogP contribution in [0.3, 0.4) is 0 Å². The van der Waals surface area contributed by atoms with Gasteiger partial charge in [0.05, 0.1) is 21.5 Å². The molecule has 1 aliphatic rings. The first-order valence-corrected chi connectivity index (χ1v) is 9.30. The Morgan fingerprint density at radius 2 is 2.25 bits per heavy atom. The van der Waals surface area contributed by atoms with Crippen molar-refractivity contribution in [2.75, 3.05) is 17.3 Å². The molecule has 3 nitrogen and oxygen atoms in total. The molecule has 1 aromatic carbocycles. The third kappa shape index (κ3) is 2.71. The van der Waals surface area contributed by atoms with E-state index in [1.807, 2.05) is 24.3 Å². The van der Waals surface area contributed by atoms with Gasteiger partial charge in [0.2, 0.25) is 0 Å². The van der Waals surface area contributed by atoms with Crippen molar-refractivity contribution >= 4 is 50.9 Å². The third-order valence-corrected chi connectivity index (χ3v) is 6.98. The summed E-state index contributed by atoms with van der Waals surface area (Å²) in [6.45, 7) is 0. The van der Waals surface area contributed by atoms with Crippen LogP contribution in [-0.4, -0.2) is 33.3 Å². The molecule has 1 saturated heterocycles. The number of thioether (sulfide) groups is 2. The molecule has 0 spiro atoms. The SMILES string of the molecule is N#C[C@H](C(=O)[C@@H]1CSCCS1)c1nc2ccccc2s1. The molecule has 0 amide bonds. The Balaban J connectivity index is 1.89. The maximum Gasteiger partial charge on any atom is 0.170 e. The second kappa shape index (κ2) is 6.17. The summed E-state index contributed by atoms with van der Waals surface area (Å²) in [5.74, 6) is 2.19. The maximum absolute atomic E-state index is 12.5. The van der Waals surface area contributed by atoms with Gasteiger partial charge in [-0.05, 0) is 12.1 Å². The van der Waals surface area contributed by atoms with Gasteiger partial charge in [0.15, 0.2) is 11.7 Å². The van der Waals surface area contributed by atoms with Crippen LogP contribution in [0.25, 0.3) is 10.2 Å². The molecule has 2 atom stereocenters. The topological polar surface area (TPSA) is 53.8 Å². The van der Waals surface area contributed by atoms with Crippen LogP contribution >= 0.6 is 34.9 Å². The highest BCUT2D eigenvalue weighted by atomic mass is 32.2. The molecule has 102 valence electrons. The monoisotopic (exact) mass is 320 g/mol. The van der Waals surface area contributed by atoms with E-state index in [0.717, 1.165) is 27.5 Å². The lowest BCUT2D eigenvalue weighted by atomic mass is 10.0. The largest absolute Gasteiger partial charge is 0.296 e. The lowest BCUT2D eigenvalue weighted by molar-refractivity contribution is -0.118. The standard InChI is InChI=1S/C14H12N2OS3/c15-7-9(13(17)12-8-18-5-6-19-12)14-16-10-3-1-2-4-11(10)20-14/h1-4,9,12H,5-6,8H2/t9-,12+/m1/s1. The zero-order valence-electron chi connectivity index (χ0n) is 10.6. The van der Waals surface area contributed by atoms with Gasteiger partial charge in [-0.2, -0.15) is 17.0 Å². The summed E-state index contributed by atoms with van der Waals surface area (Å²) in [7, 11) is 0. The van der Waals surface area contributed by atoms with E-state index in [2.05, 4.69) is 11.1 Å². The molecule has 0 N–H and O–H groups in total. The van der Waals surface area contributed by atoms with Gasteiger partial charge in [-0.25, -0.2) is 4.98 Å². The van der Waals surface area contributed by atoms with E-state index >= 15 is 0 Å².